The van der Waals surface area contributed by atoms with Crippen molar-refractivity contribution in [1.82, 2.24) is 10.2 Å². The van der Waals surface area contributed by atoms with Crippen LogP contribution in [0.25, 0.3) is 22.2 Å². The second kappa shape index (κ2) is 7.44. The van der Waals surface area contributed by atoms with Gasteiger partial charge in [-0.2, -0.15) is 5.10 Å². The maximum atomic E-state index is 6.91. The summed E-state index contributed by atoms with van der Waals surface area (Å²) in [4.78, 5) is 0. The molecule has 1 aliphatic heterocycles. The molecular formula is C18H18ClN3O3. The highest BCUT2D eigenvalue weighted by molar-refractivity contribution is 5.93. The van der Waals surface area contributed by atoms with E-state index >= 15 is 0 Å². The van der Waals surface area contributed by atoms with Gasteiger partial charge in [-0.3, -0.25) is 10.5 Å². The van der Waals surface area contributed by atoms with Crippen LogP contribution < -0.4 is 9.47 Å². The number of fused-ring (bicyclic) bond motifs is 2. The van der Waals surface area contributed by atoms with E-state index < -0.39 is 0 Å². The van der Waals surface area contributed by atoms with Crippen LogP contribution >= 0.6 is 12.4 Å². The minimum atomic E-state index is 0. The molecule has 3 aromatic rings. The van der Waals surface area contributed by atoms with Gasteiger partial charge in [0.05, 0.1) is 12.1 Å². The first-order valence-corrected chi connectivity index (χ1v) is 7.83. The van der Waals surface area contributed by atoms with Crippen LogP contribution in [0.3, 0.4) is 0 Å². The van der Waals surface area contributed by atoms with Crippen molar-refractivity contribution < 1.29 is 14.2 Å². The molecule has 130 valence electrons. The number of ether oxygens (including phenoxy) is 3. The standard InChI is InChI=1S/C18H17N3O3.ClH/c19-11-22-6-5-12-1-3-15-14(9-12)18(21-20-15)13-2-4-16-17(10-13)24-8-7-23-16;/h1-4,9-11,19H,5-8H2,(H,20,21);1H. The van der Waals surface area contributed by atoms with Gasteiger partial charge in [-0.05, 0) is 35.9 Å². The highest BCUT2D eigenvalue weighted by atomic mass is 35.5. The zero-order valence-corrected chi connectivity index (χ0v) is 14.3. The fourth-order valence-corrected chi connectivity index (χ4v) is 2.86. The van der Waals surface area contributed by atoms with Gasteiger partial charge in [-0.1, -0.05) is 6.07 Å². The van der Waals surface area contributed by atoms with Gasteiger partial charge in [0.2, 0.25) is 0 Å². The molecule has 2 N–H and O–H groups in total. The van der Waals surface area contributed by atoms with Crippen molar-refractivity contribution in [3.63, 3.8) is 0 Å². The fourth-order valence-electron chi connectivity index (χ4n) is 2.86. The number of rotatable bonds is 5. The molecule has 6 nitrogen and oxygen atoms in total. The lowest BCUT2D eigenvalue weighted by atomic mass is 10.0. The van der Waals surface area contributed by atoms with Crippen LogP contribution in [-0.2, 0) is 11.2 Å². The van der Waals surface area contributed by atoms with Crippen LogP contribution in [0.1, 0.15) is 5.56 Å². The summed E-state index contributed by atoms with van der Waals surface area (Å²) in [6, 6.07) is 12.1. The zero-order chi connectivity index (χ0) is 16.4. The maximum absolute atomic E-state index is 6.91. The van der Waals surface area contributed by atoms with E-state index in [1.807, 2.05) is 30.3 Å². The molecule has 1 aromatic heterocycles. The summed E-state index contributed by atoms with van der Waals surface area (Å²) in [5.41, 5.74) is 4.00. The van der Waals surface area contributed by atoms with E-state index in [0.29, 0.717) is 19.8 Å². The van der Waals surface area contributed by atoms with E-state index in [1.165, 1.54) is 0 Å². The van der Waals surface area contributed by atoms with Crippen LogP contribution in [0, 0.1) is 5.41 Å². The number of H-pyrrole nitrogens is 1. The second-order valence-corrected chi connectivity index (χ2v) is 5.55. The minimum Gasteiger partial charge on any atom is -0.486 e. The van der Waals surface area contributed by atoms with E-state index in [9.17, 15) is 0 Å². The number of nitrogens with zero attached hydrogens (tertiary/aromatic N) is 1. The molecule has 2 heterocycles. The monoisotopic (exact) mass is 359 g/mol. The predicted molar refractivity (Wildman–Crippen MR) is 98.2 cm³/mol. The third kappa shape index (κ3) is 3.39. The summed E-state index contributed by atoms with van der Waals surface area (Å²) in [5.74, 6) is 1.53. The van der Waals surface area contributed by atoms with Crippen molar-refractivity contribution in [2.45, 2.75) is 6.42 Å². The molecule has 0 spiro atoms. The summed E-state index contributed by atoms with van der Waals surface area (Å²) < 4.78 is 16.2. The molecule has 7 heteroatoms. The molecule has 0 atom stereocenters. The Kier molecular flexibility index (Phi) is 5.09. The van der Waals surface area contributed by atoms with E-state index in [-0.39, 0.29) is 12.4 Å². The quantitative estimate of drug-likeness (QED) is 0.414. The number of halogens is 1. The smallest absolute Gasteiger partial charge is 0.166 e. The van der Waals surface area contributed by atoms with Gasteiger partial charge in [0.1, 0.15) is 18.9 Å². The molecule has 0 saturated heterocycles. The Morgan fingerprint density at radius 1 is 1.12 bits per heavy atom. The van der Waals surface area contributed by atoms with Crippen LogP contribution in [0.4, 0.5) is 0 Å². The summed E-state index contributed by atoms with van der Waals surface area (Å²) >= 11 is 0. The summed E-state index contributed by atoms with van der Waals surface area (Å²) in [5, 5.41) is 15.5. The second-order valence-electron chi connectivity index (χ2n) is 5.55. The third-order valence-electron chi connectivity index (χ3n) is 4.03. The van der Waals surface area contributed by atoms with Crippen molar-refractivity contribution in [1.29, 1.82) is 5.41 Å². The van der Waals surface area contributed by atoms with Crippen molar-refractivity contribution >= 4 is 29.7 Å². The highest BCUT2D eigenvalue weighted by Crippen LogP contribution is 2.36. The molecule has 0 saturated carbocycles. The average molecular weight is 360 g/mol. The SMILES string of the molecule is Cl.N=COCCc1ccc2[nH]nc(-c3ccc4c(c3)OCCO4)c2c1. The largest absolute Gasteiger partial charge is 0.486 e. The van der Waals surface area contributed by atoms with Gasteiger partial charge >= 0.3 is 0 Å². The van der Waals surface area contributed by atoms with Crippen LogP contribution in [0.15, 0.2) is 36.4 Å². The Bertz CT molecular complexity index is 894. The Hall–Kier alpha value is -2.73. The first kappa shape index (κ1) is 17.1. The molecule has 0 unspecified atom stereocenters. The van der Waals surface area contributed by atoms with Gasteiger partial charge in [0, 0.05) is 17.4 Å². The van der Waals surface area contributed by atoms with Gasteiger partial charge in [0.25, 0.3) is 0 Å². The van der Waals surface area contributed by atoms with Gasteiger partial charge in [-0.15, -0.1) is 12.4 Å². The van der Waals surface area contributed by atoms with Crippen molar-refractivity contribution in [3.8, 4) is 22.8 Å². The van der Waals surface area contributed by atoms with Gasteiger partial charge in [-0.25, -0.2) is 0 Å². The number of aromatic amines is 1. The lowest BCUT2D eigenvalue weighted by molar-refractivity contribution is 0.171. The van der Waals surface area contributed by atoms with Crippen LogP contribution in [-0.4, -0.2) is 36.4 Å². The van der Waals surface area contributed by atoms with Gasteiger partial charge in [0.15, 0.2) is 17.9 Å². The first-order valence-electron chi connectivity index (χ1n) is 7.83. The molecule has 0 amide bonds. The number of hydrogen-bond donors (Lipinski definition) is 2. The minimum absolute atomic E-state index is 0. The molecule has 0 aliphatic carbocycles. The lowest BCUT2D eigenvalue weighted by Crippen LogP contribution is -2.15. The molecule has 1 aliphatic rings. The summed E-state index contributed by atoms with van der Waals surface area (Å²) in [6.45, 7) is 1.64. The van der Waals surface area contributed by atoms with E-state index in [1.54, 1.807) is 0 Å². The number of nitrogens with one attached hydrogen (secondary N) is 2. The lowest BCUT2D eigenvalue weighted by Gasteiger charge is -2.18. The Labute approximate surface area is 151 Å². The van der Waals surface area contributed by atoms with E-state index in [2.05, 4.69) is 16.3 Å². The third-order valence-corrected chi connectivity index (χ3v) is 4.03. The van der Waals surface area contributed by atoms with Crippen molar-refractivity contribution in [3.05, 3.63) is 42.0 Å². The average Bonchev–Trinajstić information content (AvgIpc) is 3.05. The van der Waals surface area contributed by atoms with Crippen molar-refractivity contribution in [2.75, 3.05) is 19.8 Å². The molecule has 0 radical (unpaired) electrons. The number of aromatic nitrogens is 2. The first-order chi connectivity index (χ1) is 11.8. The Balaban J connectivity index is 0.00000182. The molecule has 2 aromatic carbocycles. The topological polar surface area (TPSA) is 80.2 Å². The zero-order valence-electron chi connectivity index (χ0n) is 13.5. The Morgan fingerprint density at radius 2 is 1.96 bits per heavy atom. The van der Waals surface area contributed by atoms with Crippen LogP contribution in [0.5, 0.6) is 11.5 Å². The molecular weight excluding hydrogens is 342 g/mol. The highest BCUT2D eigenvalue weighted by Gasteiger charge is 2.15. The van der Waals surface area contributed by atoms with Crippen molar-refractivity contribution in [2.24, 2.45) is 0 Å². The number of benzene rings is 2. The maximum Gasteiger partial charge on any atom is 0.166 e. The molecule has 25 heavy (non-hydrogen) atoms. The fraction of sp³-hybridized carbons (Fsp3) is 0.222. The Morgan fingerprint density at radius 3 is 2.80 bits per heavy atom. The van der Waals surface area contributed by atoms with E-state index in [0.717, 1.165) is 52.0 Å². The molecule has 4 rings (SSSR count). The van der Waals surface area contributed by atoms with Gasteiger partial charge < -0.3 is 14.2 Å². The molecule has 0 bridgehead atoms. The predicted octanol–water partition coefficient (Wildman–Crippen LogP) is 3.59. The van der Waals surface area contributed by atoms with E-state index in [4.69, 9.17) is 19.6 Å². The molecule has 0 fully saturated rings. The van der Waals surface area contributed by atoms with Crippen LogP contribution in [0.2, 0.25) is 0 Å². The summed E-state index contributed by atoms with van der Waals surface area (Å²) in [7, 11) is 0. The number of hydrogen-bond acceptors (Lipinski definition) is 5. The summed E-state index contributed by atoms with van der Waals surface area (Å²) in [6.07, 6.45) is 1.72. The normalized spacial score (nSPS) is 12.5.